The van der Waals surface area contributed by atoms with Gasteiger partial charge in [0.2, 0.25) is 0 Å². The van der Waals surface area contributed by atoms with Gasteiger partial charge in [0.05, 0.1) is 0 Å². The smallest absolute Gasteiger partial charge is 0.253 e. The minimum absolute atomic E-state index is 0.147. The van der Waals surface area contributed by atoms with Crippen molar-refractivity contribution in [3.63, 3.8) is 0 Å². The fourth-order valence-corrected chi connectivity index (χ4v) is 2.25. The van der Waals surface area contributed by atoms with Gasteiger partial charge in [-0.05, 0) is 23.8 Å². The lowest BCUT2D eigenvalue weighted by Gasteiger charge is -2.05. The van der Waals surface area contributed by atoms with Crippen LogP contribution in [0.5, 0.6) is 0 Å². The number of hydrogen-bond donors (Lipinski definition) is 3. The number of nitrogens with two attached hydrogens (primary N) is 2. The molecule has 0 radical (unpaired) electrons. The van der Waals surface area contributed by atoms with Crippen LogP contribution >= 0.6 is 11.8 Å². The maximum absolute atomic E-state index is 13.0. The molecule has 0 amide bonds. The van der Waals surface area contributed by atoms with Crippen LogP contribution in [0.25, 0.3) is 0 Å². The van der Waals surface area contributed by atoms with E-state index in [2.05, 4.69) is 9.97 Å². The molecule has 0 fully saturated rings. The summed E-state index contributed by atoms with van der Waals surface area (Å²) >= 11 is 1.23. The summed E-state index contributed by atoms with van der Waals surface area (Å²) in [4.78, 5) is 17.7. The summed E-state index contributed by atoms with van der Waals surface area (Å²) in [6, 6.07) is 5.35. The van der Waals surface area contributed by atoms with Crippen molar-refractivity contribution in [3.05, 3.63) is 46.0 Å². The quantitative estimate of drug-likeness (QED) is 0.443. The molecule has 18 heavy (non-hydrogen) atoms. The topological polar surface area (TPSA) is 97.8 Å². The van der Waals surface area contributed by atoms with Gasteiger partial charge in [0.1, 0.15) is 11.6 Å². The highest BCUT2D eigenvalue weighted by molar-refractivity contribution is 7.98. The summed E-state index contributed by atoms with van der Waals surface area (Å²) in [5, 5.41) is 0.378. The summed E-state index contributed by atoms with van der Waals surface area (Å²) in [5.41, 5.74) is 12.0. The third-order valence-corrected chi connectivity index (χ3v) is 3.13. The van der Waals surface area contributed by atoms with Gasteiger partial charge in [-0.15, -0.1) is 0 Å². The number of aromatic amines is 1. The van der Waals surface area contributed by atoms with Crippen molar-refractivity contribution in [2.24, 2.45) is 0 Å². The van der Waals surface area contributed by atoms with Crippen molar-refractivity contribution in [3.8, 4) is 0 Å². The molecule has 0 unspecified atom stereocenters. The fraction of sp³-hybridized carbons (Fsp3) is 0.0909. The molecular formula is C11H11FN4OS. The van der Waals surface area contributed by atoms with Crippen LogP contribution in [0.1, 0.15) is 5.56 Å². The van der Waals surface area contributed by atoms with Crippen LogP contribution in [0.15, 0.2) is 34.2 Å². The van der Waals surface area contributed by atoms with E-state index >= 15 is 0 Å². The predicted octanol–water partition coefficient (Wildman–Crippen LogP) is 1.37. The van der Waals surface area contributed by atoms with Crippen molar-refractivity contribution in [1.82, 2.24) is 9.97 Å². The van der Waals surface area contributed by atoms with Gasteiger partial charge in [-0.25, -0.2) is 9.37 Å². The molecule has 0 spiro atoms. The predicted molar refractivity (Wildman–Crippen MR) is 69.6 cm³/mol. The maximum Gasteiger partial charge on any atom is 0.253 e. The average Bonchev–Trinajstić information content (AvgIpc) is 2.29. The Labute approximate surface area is 106 Å². The summed E-state index contributed by atoms with van der Waals surface area (Å²) < 4.78 is 13.0. The maximum atomic E-state index is 13.0. The van der Waals surface area contributed by atoms with E-state index in [1.807, 2.05) is 0 Å². The monoisotopic (exact) mass is 266 g/mol. The average molecular weight is 266 g/mol. The van der Waals surface area contributed by atoms with E-state index in [1.165, 1.54) is 36.0 Å². The molecule has 1 aromatic carbocycles. The number of hydrogen-bond acceptors (Lipinski definition) is 5. The molecule has 0 aliphatic heterocycles. The second kappa shape index (κ2) is 5.09. The van der Waals surface area contributed by atoms with Crippen molar-refractivity contribution in [2.45, 2.75) is 10.9 Å². The number of nitrogens with zero attached hydrogens (tertiary/aromatic N) is 1. The molecule has 2 aromatic rings. The Morgan fingerprint density at radius 3 is 2.83 bits per heavy atom. The minimum atomic E-state index is -0.353. The zero-order valence-corrected chi connectivity index (χ0v) is 10.1. The zero-order chi connectivity index (χ0) is 13.1. The Morgan fingerprint density at radius 1 is 1.33 bits per heavy atom. The number of thioether (sulfide) groups is 1. The molecule has 94 valence electrons. The molecule has 2 rings (SSSR count). The highest BCUT2D eigenvalue weighted by Gasteiger charge is 2.04. The molecule has 0 aliphatic carbocycles. The molecule has 5 N–H and O–H groups in total. The van der Waals surface area contributed by atoms with Crippen molar-refractivity contribution < 1.29 is 4.39 Å². The third kappa shape index (κ3) is 3.01. The van der Waals surface area contributed by atoms with Gasteiger partial charge in [0.25, 0.3) is 5.56 Å². The van der Waals surface area contributed by atoms with Gasteiger partial charge in [0, 0.05) is 17.5 Å². The Bertz CT molecular complexity index is 629. The second-order valence-electron chi connectivity index (χ2n) is 3.61. The van der Waals surface area contributed by atoms with E-state index in [1.54, 1.807) is 0 Å². The number of anilines is 2. The van der Waals surface area contributed by atoms with Crippen molar-refractivity contribution in [1.29, 1.82) is 0 Å². The number of rotatable bonds is 3. The summed E-state index contributed by atoms with van der Waals surface area (Å²) in [6.45, 7) is 0. The largest absolute Gasteiger partial charge is 0.398 e. The van der Waals surface area contributed by atoms with Gasteiger partial charge >= 0.3 is 0 Å². The van der Waals surface area contributed by atoms with Gasteiger partial charge in [-0.1, -0.05) is 11.8 Å². The van der Waals surface area contributed by atoms with Crippen molar-refractivity contribution in [2.75, 3.05) is 11.5 Å². The van der Waals surface area contributed by atoms with Crippen LogP contribution in [-0.2, 0) is 5.75 Å². The first-order valence-corrected chi connectivity index (χ1v) is 6.07. The SMILES string of the molecule is Nc1cc(=O)[nH]c(SCc2cc(F)ccc2N)n1. The van der Waals surface area contributed by atoms with Gasteiger partial charge in [-0.2, -0.15) is 0 Å². The molecule has 0 aliphatic rings. The summed E-state index contributed by atoms with van der Waals surface area (Å²) in [7, 11) is 0. The molecule has 0 atom stereocenters. The molecular weight excluding hydrogens is 255 g/mol. The van der Waals surface area contributed by atoms with E-state index in [4.69, 9.17) is 11.5 Å². The van der Waals surface area contributed by atoms with Gasteiger partial charge < -0.3 is 16.5 Å². The number of nitrogen functional groups attached to an aromatic ring is 2. The van der Waals surface area contributed by atoms with Gasteiger partial charge in [0.15, 0.2) is 5.16 Å². The number of halogens is 1. The number of aromatic nitrogens is 2. The Balaban J connectivity index is 2.16. The normalized spacial score (nSPS) is 10.5. The molecule has 1 aromatic heterocycles. The molecule has 0 saturated heterocycles. The molecule has 7 heteroatoms. The van der Waals surface area contributed by atoms with E-state index in [-0.39, 0.29) is 17.2 Å². The number of benzene rings is 1. The highest BCUT2D eigenvalue weighted by atomic mass is 32.2. The standard InChI is InChI=1S/C11H11FN4OS/c12-7-1-2-8(13)6(3-7)5-18-11-15-9(14)4-10(17)16-11/h1-4H,5,13H2,(H3,14,15,16,17). The summed E-state index contributed by atoms with van der Waals surface area (Å²) in [5.74, 6) is 0.193. The van der Waals surface area contributed by atoms with Crippen LogP contribution in [0.4, 0.5) is 15.9 Å². The van der Waals surface area contributed by atoms with E-state index < -0.39 is 0 Å². The Kier molecular flexibility index (Phi) is 3.52. The molecule has 1 heterocycles. The van der Waals surface area contributed by atoms with Gasteiger partial charge in [-0.3, -0.25) is 4.79 Å². The van der Waals surface area contributed by atoms with Crippen LogP contribution < -0.4 is 17.0 Å². The number of nitrogens with one attached hydrogen (secondary N) is 1. The minimum Gasteiger partial charge on any atom is -0.398 e. The Morgan fingerprint density at radius 2 is 2.11 bits per heavy atom. The second-order valence-corrected chi connectivity index (χ2v) is 4.57. The van der Waals surface area contributed by atoms with Crippen LogP contribution in [0.2, 0.25) is 0 Å². The first-order valence-electron chi connectivity index (χ1n) is 5.08. The van der Waals surface area contributed by atoms with Crippen LogP contribution in [0, 0.1) is 5.82 Å². The van der Waals surface area contributed by atoms with E-state index in [0.29, 0.717) is 22.2 Å². The first-order chi connectivity index (χ1) is 8.54. The van der Waals surface area contributed by atoms with E-state index in [0.717, 1.165) is 0 Å². The molecule has 5 nitrogen and oxygen atoms in total. The highest BCUT2D eigenvalue weighted by Crippen LogP contribution is 2.23. The Hall–Kier alpha value is -2.02. The van der Waals surface area contributed by atoms with Crippen LogP contribution in [0.3, 0.4) is 0 Å². The van der Waals surface area contributed by atoms with Crippen LogP contribution in [-0.4, -0.2) is 9.97 Å². The third-order valence-electron chi connectivity index (χ3n) is 2.21. The lowest BCUT2D eigenvalue weighted by atomic mass is 10.2. The fourth-order valence-electron chi connectivity index (χ4n) is 1.37. The zero-order valence-electron chi connectivity index (χ0n) is 9.31. The lowest BCUT2D eigenvalue weighted by molar-refractivity contribution is 0.627. The van der Waals surface area contributed by atoms with Crippen molar-refractivity contribution >= 4 is 23.3 Å². The van der Waals surface area contributed by atoms with E-state index in [9.17, 15) is 9.18 Å². The summed E-state index contributed by atoms with van der Waals surface area (Å²) in [6.07, 6.45) is 0. The molecule has 0 bridgehead atoms. The lowest BCUT2D eigenvalue weighted by Crippen LogP contribution is -2.09. The first kappa shape index (κ1) is 12.4. The molecule has 0 saturated carbocycles. The number of H-pyrrole nitrogens is 1.